The molecule has 118 valence electrons. The Morgan fingerprint density at radius 2 is 2.18 bits per heavy atom. The van der Waals surface area contributed by atoms with E-state index in [1.807, 2.05) is 31.4 Å². The Balaban J connectivity index is 1.82. The molecule has 1 N–H and O–H groups in total. The summed E-state index contributed by atoms with van der Waals surface area (Å²) in [5.74, 6) is 0.557. The highest BCUT2D eigenvalue weighted by atomic mass is 16.5. The van der Waals surface area contributed by atoms with E-state index in [0.29, 0.717) is 5.75 Å². The van der Waals surface area contributed by atoms with Crippen LogP contribution >= 0.6 is 0 Å². The Hall–Kier alpha value is -1.85. The van der Waals surface area contributed by atoms with Gasteiger partial charge < -0.3 is 19.5 Å². The molecule has 1 saturated heterocycles. The van der Waals surface area contributed by atoms with Gasteiger partial charge in [0.1, 0.15) is 5.75 Å². The molecule has 0 bridgehead atoms. The van der Waals surface area contributed by atoms with Crippen molar-refractivity contribution in [1.29, 1.82) is 0 Å². The van der Waals surface area contributed by atoms with Crippen molar-refractivity contribution in [2.75, 3.05) is 40.8 Å². The minimum absolute atomic E-state index is 0.00410. The van der Waals surface area contributed by atoms with E-state index in [4.69, 9.17) is 4.74 Å². The first-order valence-corrected chi connectivity index (χ1v) is 7.68. The van der Waals surface area contributed by atoms with E-state index >= 15 is 0 Å². The summed E-state index contributed by atoms with van der Waals surface area (Å²) < 4.78 is 5.69. The lowest BCUT2D eigenvalue weighted by Gasteiger charge is -2.34. The van der Waals surface area contributed by atoms with Crippen molar-refractivity contribution in [1.82, 2.24) is 14.8 Å². The standard InChI is InChI=1S/C17H23N3O2/c1-19(2)8-7-12-9-18-14-5-4-6-15(16(12)14)22-17(21)13-10-20(3)11-13/h4-6,9,13,18H,7-8,10-11H2,1-3H3. The summed E-state index contributed by atoms with van der Waals surface area (Å²) in [5.41, 5.74) is 2.21. The van der Waals surface area contributed by atoms with Gasteiger partial charge in [0.15, 0.2) is 0 Å². The van der Waals surface area contributed by atoms with E-state index in [2.05, 4.69) is 28.9 Å². The van der Waals surface area contributed by atoms with E-state index in [-0.39, 0.29) is 11.9 Å². The molecule has 22 heavy (non-hydrogen) atoms. The van der Waals surface area contributed by atoms with Crippen LogP contribution in [0.15, 0.2) is 24.4 Å². The number of aromatic nitrogens is 1. The second-order valence-electron chi connectivity index (χ2n) is 6.39. The smallest absolute Gasteiger partial charge is 0.316 e. The van der Waals surface area contributed by atoms with Crippen LogP contribution in [0.3, 0.4) is 0 Å². The van der Waals surface area contributed by atoms with E-state index in [1.54, 1.807) is 0 Å². The molecule has 1 aliphatic heterocycles. The third kappa shape index (κ3) is 3.00. The number of aromatic amines is 1. The molecule has 0 saturated carbocycles. The number of likely N-dealkylation sites (tertiary alicyclic amines) is 1. The molecule has 5 nitrogen and oxygen atoms in total. The fraction of sp³-hybridized carbons (Fsp3) is 0.471. The first-order valence-electron chi connectivity index (χ1n) is 7.68. The summed E-state index contributed by atoms with van der Waals surface area (Å²) >= 11 is 0. The summed E-state index contributed by atoms with van der Waals surface area (Å²) in [4.78, 5) is 19.8. The summed E-state index contributed by atoms with van der Waals surface area (Å²) in [7, 11) is 6.13. The third-order valence-electron chi connectivity index (χ3n) is 4.19. The largest absolute Gasteiger partial charge is 0.426 e. The van der Waals surface area contributed by atoms with Crippen LogP contribution in [-0.4, -0.2) is 61.5 Å². The number of hydrogen-bond donors (Lipinski definition) is 1. The zero-order valence-electron chi connectivity index (χ0n) is 13.4. The second kappa shape index (κ2) is 6.10. The molecule has 2 aromatic rings. The SMILES string of the molecule is CN(C)CCc1c[nH]c2cccc(OC(=O)C3CN(C)C3)c12. The van der Waals surface area contributed by atoms with Gasteiger partial charge in [-0.25, -0.2) is 0 Å². The number of ether oxygens (including phenoxy) is 1. The van der Waals surface area contributed by atoms with Gasteiger partial charge in [-0.05, 0) is 45.3 Å². The quantitative estimate of drug-likeness (QED) is 0.675. The van der Waals surface area contributed by atoms with Crippen molar-refractivity contribution < 1.29 is 9.53 Å². The zero-order chi connectivity index (χ0) is 15.7. The first-order chi connectivity index (χ1) is 10.5. The Labute approximate surface area is 130 Å². The fourth-order valence-electron chi connectivity index (χ4n) is 2.89. The van der Waals surface area contributed by atoms with Gasteiger partial charge in [-0.3, -0.25) is 4.79 Å². The lowest BCUT2D eigenvalue weighted by atomic mass is 10.0. The molecular weight excluding hydrogens is 278 g/mol. The number of esters is 1. The summed E-state index contributed by atoms with van der Waals surface area (Å²) in [6.45, 7) is 2.54. The highest BCUT2D eigenvalue weighted by molar-refractivity contribution is 5.91. The highest BCUT2D eigenvalue weighted by Crippen LogP contribution is 2.30. The number of fused-ring (bicyclic) bond motifs is 1. The van der Waals surface area contributed by atoms with Gasteiger partial charge in [0.2, 0.25) is 0 Å². The summed E-state index contributed by atoms with van der Waals surface area (Å²) in [5, 5.41) is 1.03. The minimum atomic E-state index is -0.120. The Morgan fingerprint density at radius 3 is 2.86 bits per heavy atom. The average molecular weight is 301 g/mol. The van der Waals surface area contributed by atoms with E-state index in [9.17, 15) is 4.79 Å². The van der Waals surface area contributed by atoms with Gasteiger partial charge in [-0.15, -0.1) is 0 Å². The van der Waals surface area contributed by atoms with Crippen LogP contribution in [0.25, 0.3) is 10.9 Å². The molecule has 0 amide bonds. The number of benzene rings is 1. The molecule has 1 aromatic heterocycles. The maximum atomic E-state index is 12.2. The lowest BCUT2D eigenvalue weighted by molar-refractivity contribution is -0.143. The van der Waals surface area contributed by atoms with Crippen LogP contribution in [0.2, 0.25) is 0 Å². The summed E-state index contributed by atoms with van der Waals surface area (Å²) in [6.07, 6.45) is 2.94. The predicted octanol–water partition coefficient (Wildman–Crippen LogP) is 1.74. The fourth-order valence-corrected chi connectivity index (χ4v) is 2.89. The second-order valence-corrected chi connectivity index (χ2v) is 6.39. The van der Waals surface area contributed by atoms with Crippen LogP contribution in [0.4, 0.5) is 0 Å². The number of rotatable bonds is 5. The van der Waals surface area contributed by atoms with Gasteiger partial charge in [-0.1, -0.05) is 6.07 Å². The van der Waals surface area contributed by atoms with Crippen LogP contribution in [0.1, 0.15) is 5.56 Å². The summed E-state index contributed by atoms with van der Waals surface area (Å²) in [6, 6.07) is 5.82. The molecule has 0 radical (unpaired) electrons. The molecule has 1 fully saturated rings. The number of carbonyl (C=O) groups is 1. The van der Waals surface area contributed by atoms with Crippen LogP contribution in [0.5, 0.6) is 5.75 Å². The van der Waals surface area contributed by atoms with Crippen molar-refractivity contribution in [2.24, 2.45) is 5.92 Å². The van der Waals surface area contributed by atoms with Crippen molar-refractivity contribution in [3.05, 3.63) is 30.0 Å². The van der Waals surface area contributed by atoms with Gasteiger partial charge in [0.05, 0.1) is 5.92 Å². The molecule has 1 aromatic carbocycles. The monoisotopic (exact) mass is 301 g/mol. The molecule has 0 spiro atoms. The number of carbonyl (C=O) groups excluding carboxylic acids is 1. The molecule has 0 unspecified atom stereocenters. The molecule has 1 aliphatic rings. The van der Waals surface area contributed by atoms with Gasteiger partial charge >= 0.3 is 5.97 Å². The van der Waals surface area contributed by atoms with Gasteiger partial charge in [0.25, 0.3) is 0 Å². The number of hydrogen-bond acceptors (Lipinski definition) is 4. The zero-order valence-corrected chi connectivity index (χ0v) is 13.4. The predicted molar refractivity (Wildman–Crippen MR) is 87.2 cm³/mol. The molecule has 2 heterocycles. The molecule has 0 aliphatic carbocycles. The number of nitrogens with one attached hydrogen (secondary N) is 1. The highest BCUT2D eigenvalue weighted by Gasteiger charge is 2.32. The van der Waals surface area contributed by atoms with Crippen LogP contribution in [-0.2, 0) is 11.2 Å². The van der Waals surface area contributed by atoms with E-state index in [1.165, 1.54) is 5.56 Å². The van der Waals surface area contributed by atoms with Gasteiger partial charge in [0, 0.05) is 36.7 Å². The number of nitrogens with zero attached hydrogens (tertiary/aromatic N) is 2. The molecule has 0 atom stereocenters. The Morgan fingerprint density at radius 1 is 1.41 bits per heavy atom. The average Bonchev–Trinajstić information content (AvgIpc) is 2.86. The number of H-pyrrole nitrogens is 1. The van der Waals surface area contributed by atoms with Crippen molar-refractivity contribution in [3.8, 4) is 5.75 Å². The van der Waals surface area contributed by atoms with Crippen molar-refractivity contribution >= 4 is 16.9 Å². The normalized spacial score (nSPS) is 16.2. The van der Waals surface area contributed by atoms with Crippen LogP contribution in [0, 0.1) is 5.92 Å². The van der Waals surface area contributed by atoms with E-state index < -0.39 is 0 Å². The maximum absolute atomic E-state index is 12.2. The van der Waals surface area contributed by atoms with Crippen molar-refractivity contribution in [2.45, 2.75) is 6.42 Å². The van der Waals surface area contributed by atoms with Gasteiger partial charge in [-0.2, -0.15) is 0 Å². The molecular formula is C17H23N3O2. The Kier molecular flexibility index (Phi) is 4.18. The Bertz CT molecular complexity index is 672. The molecule has 3 rings (SSSR count). The van der Waals surface area contributed by atoms with Crippen molar-refractivity contribution in [3.63, 3.8) is 0 Å². The minimum Gasteiger partial charge on any atom is -0.426 e. The molecule has 5 heteroatoms. The van der Waals surface area contributed by atoms with Crippen LogP contribution < -0.4 is 4.74 Å². The third-order valence-corrected chi connectivity index (χ3v) is 4.19. The van der Waals surface area contributed by atoms with E-state index in [0.717, 1.165) is 37.0 Å². The lowest BCUT2D eigenvalue weighted by Crippen LogP contribution is -2.49. The number of likely N-dealkylation sites (N-methyl/N-ethyl adjacent to an activating group) is 1. The first kappa shape index (κ1) is 15.1. The maximum Gasteiger partial charge on any atom is 0.316 e. The topological polar surface area (TPSA) is 48.6 Å².